The molecule has 0 saturated heterocycles. The molecule has 4 fully saturated rings. The predicted molar refractivity (Wildman–Crippen MR) is 89.6 cm³/mol. The smallest absolute Gasteiger partial charge is 0.312 e. The van der Waals surface area contributed by atoms with E-state index in [2.05, 4.69) is 6.92 Å². The number of carbonyl (C=O) groups is 1. The Labute approximate surface area is 136 Å². The third-order valence-electron chi connectivity index (χ3n) is 6.45. The summed E-state index contributed by atoms with van der Waals surface area (Å²) >= 11 is 0. The quantitative estimate of drug-likeness (QED) is 0.415. The molecule has 4 aliphatic rings. The van der Waals surface area contributed by atoms with Crippen LogP contribution in [0.5, 0.6) is 0 Å². The highest BCUT2D eigenvalue weighted by Gasteiger charge is 2.55. The maximum atomic E-state index is 12.6. The lowest BCUT2D eigenvalue weighted by atomic mass is 9.49. The van der Waals surface area contributed by atoms with Crippen LogP contribution in [0.4, 0.5) is 0 Å². The van der Waals surface area contributed by atoms with E-state index < -0.39 is 0 Å². The van der Waals surface area contributed by atoms with Crippen molar-refractivity contribution >= 4 is 5.97 Å². The third kappa shape index (κ3) is 3.68. The minimum atomic E-state index is -0.0596. The molecular weight excluding hydrogens is 272 g/mol. The van der Waals surface area contributed by atoms with Gasteiger partial charge in [0.25, 0.3) is 0 Å². The fraction of sp³-hybridized carbons (Fsp3) is 0.950. The third-order valence-corrected chi connectivity index (χ3v) is 6.45. The molecule has 0 amide bonds. The van der Waals surface area contributed by atoms with E-state index in [1.165, 1.54) is 57.8 Å². The van der Waals surface area contributed by atoms with Gasteiger partial charge in [-0.25, -0.2) is 0 Å². The second kappa shape index (κ2) is 7.36. The molecule has 4 saturated carbocycles. The van der Waals surface area contributed by atoms with Crippen LogP contribution in [0.2, 0.25) is 0 Å². The van der Waals surface area contributed by atoms with E-state index in [9.17, 15) is 4.79 Å². The molecule has 4 aliphatic carbocycles. The molecule has 0 spiro atoms. The Morgan fingerprint density at radius 3 is 1.91 bits per heavy atom. The Hall–Kier alpha value is -0.530. The summed E-state index contributed by atoms with van der Waals surface area (Å²) in [5.74, 6) is 2.66. The molecule has 0 aromatic rings. The molecular formula is C20H34O2. The van der Waals surface area contributed by atoms with Gasteiger partial charge < -0.3 is 4.74 Å². The molecule has 0 atom stereocenters. The number of unbranched alkanes of at least 4 members (excludes halogenated alkanes) is 6. The van der Waals surface area contributed by atoms with E-state index in [0.29, 0.717) is 6.61 Å². The highest BCUT2D eigenvalue weighted by molar-refractivity contribution is 5.77. The number of ether oxygens (including phenoxy) is 1. The Morgan fingerprint density at radius 1 is 0.864 bits per heavy atom. The molecule has 0 N–H and O–H groups in total. The Morgan fingerprint density at radius 2 is 1.36 bits per heavy atom. The molecule has 4 bridgehead atoms. The van der Waals surface area contributed by atoms with Gasteiger partial charge in [-0.2, -0.15) is 0 Å². The van der Waals surface area contributed by atoms with Crippen LogP contribution in [0.3, 0.4) is 0 Å². The Kier molecular flexibility index (Phi) is 5.46. The van der Waals surface area contributed by atoms with E-state index in [1.54, 1.807) is 0 Å². The van der Waals surface area contributed by atoms with Gasteiger partial charge in [0.2, 0.25) is 0 Å². The van der Waals surface area contributed by atoms with Gasteiger partial charge in [0.05, 0.1) is 12.0 Å². The first kappa shape index (κ1) is 16.3. The molecule has 0 heterocycles. The number of hydrogen-bond donors (Lipinski definition) is 0. The molecule has 0 aromatic carbocycles. The van der Waals surface area contributed by atoms with Crippen LogP contribution in [0.25, 0.3) is 0 Å². The minimum absolute atomic E-state index is 0.0596. The van der Waals surface area contributed by atoms with Gasteiger partial charge in [0.1, 0.15) is 0 Å². The van der Waals surface area contributed by atoms with Crippen molar-refractivity contribution in [1.82, 2.24) is 0 Å². The molecule has 0 aliphatic heterocycles. The highest BCUT2D eigenvalue weighted by atomic mass is 16.5. The molecule has 22 heavy (non-hydrogen) atoms. The number of hydrogen-bond acceptors (Lipinski definition) is 2. The van der Waals surface area contributed by atoms with Crippen molar-refractivity contribution in [3.05, 3.63) is 0 Å². The van der Waals surface area contributed by atoms with Crippen LogP contribution in [-0.2, 0) is 9.53 Å². The summed E-state index contributed by atoms with van der Waals surface area (Å²) < 4.78 is 5.72. The molecule has 4 rings (SSSR count). The second-order valence-electron chi connectivity index (χ2n) is 8.46. The first-order valence-electron chi connectivity index (χ1n) is 9.89. The largest absolute Gasteiger partial charge is 0.465 e. The molecule has 2 nitrogen and oxygen atoms in total. The molecule has 0 aromatic heterocycles. The summed E-state index contributed by atoms with van der Waals surface area (Å²) in [6, 6.07) is 0. The molecule has 0 radical (unpaired) electrons. The highest BCUT2D eigenvalue weighted by Crippen LogP contribution is 2.60. The standard InChI is InChI=1S/C20H34O2/c1-2-3-4-5-6-7-8-9-22-19(21)20-13-16-10-17(14-20)12-18(11-16)15-20/h16-18H,2-15H2,1H3. The lowest BCUT2D eigenvalue weighted by Gasteiger charge is -2.55. The van der Waals surface area contributed by atoms with Crippen LogP contribution in [0.1, 0.15) is 90.4 Å². The number of carbonyl (C=O) groups excluding carboxylic acids is 1. The fourth-order valence-electron chi connectivity index (χ4n) is 5.74. The van der Waals surface area contributed by atoms with Crippen molar-refractivity contribution in [3.63, 3.8) is 0 Å². The van der Waals surface area contributed by atoms with Crippen molar-refractivity contribution < 1.29 is 9.53 Å². The lowest BCUT2D eigenvalue weighted by Crippen LogP contribution is -2.50. The van der Waals surface area contributed by atoms with Gasteiger partial charge in [0, 0.05) is 0 Å². The van der Waals surface area contributed by atoms with E-state index in [4.69, 9.17) is 4.74 Å². The lowest BCUT2D eigenvalue weighted by molar-refractivity contribution is -0.171. The van der Waals surface area contributed by atoms with Gasteiger partial charge in [-0.15, -0.1) is 0 Å². The summed E-state index contributed by atoms with van der Waals surface area (Å²) in [5.41, 5.74) is -0.0596. The van der Waals surface area contributed by atoms with Gasteiger partial charge in [-0.05, 0) is 62.7 Å². The average molecular weight is 306 g/mol. The van der Waals surface area contributed by atoms with Crippen LogP contribution in [0.15, 0.2) is 0 Å². The maximum Gasteiger partial charge on any atom is 0.312 e. The predicted octanol–water partition coefficient (Wildman–Crippen LogP) is 5.50. The average Bonchev–Trinajstić information content (AvgIpc) is 2.48. The molecule has 2 heteroatoms. The zero-order valence-electron chi connectivity index (χ0n) is 14.4. The number of rotatable bonds is 9. The normalized spacial score (nSPS) is 35.8. The summed E-state index contributed by atoms with van der Waals surface area (Å²) in [6.45, 7) is 2.91. The monoisotopic (exact) mass is 306 g/mol. The van der Waals surface area contributed by atoms with Gasteiger partial charge in [0.15, 0.2) is 0 Å². The first-order valence-corrected chi connectivity index (χ1v) is 9.89. The molecule has 126 valence electrons. The zero-order valence-corrected chi connectivity index (χ0v) is 14.4. The van der Waals surface area contributed by atoms with Crippen LogP contribution < -0.4 is 0 Å². The van der Waals surface area contributed by atoms with E-state index in [0.717, 1.165) is 43.4 Å². The van der Waals surface area contributed by atoms with E-state index in [-0.39, 0.29) is 11.4 Å². The van der Waals surface area contributed by atoms with Gasteiger partial charge in [-0.3, -0.25) is 4.79 Å². The molecule has 0 unspecified atom stereocenters. The van der Waals surface area contributed by atoms with Gasteiger partial charge in [-0.1, -0.05) is 45.4 Å². The van der Waals surface area contributed by atoms with Gasteiger partial charge >= 0.3 is 5.97 Å². The van der Waals surface area contributed by atoms with Crippen molar-refractivity contribution in [3.8, 4) is 0 Å². The van der Waals surface area contributed by atoms with Crippen molar-refractivity contribution in [2.24, 2.45) is 23.2 Å². The number of esters is 1. The SMILES string of the molecule is CCCCCCCCCOC(=O)C12CC3CC(CC(C3)C1)C2. The summed E-state index contributed by atoms with van der Waals surface area (Å²) in [4.78, 5) is 12.6. The second-order valence-corrected chi connectivity index (χ2v) is 8.46. The van der Waals surface area contributed by atoms with Crippen LogP contribution >= 0.6 is 0 Å². The van der Waals surface area contributed by atoms with Crippen LogP contribution in [0, 0.1) is 23.2 Å². The Bertz CT molecular complexity index is 339. The van der Waals surface area contributed by atoms with Crippen molar-refractivity contribution in [1.29, 1.82) is 0 Å². The zero-order chi connectivity index (χ0) is 15.4. The van der Waals surface area contributed by atoms with Crippen molar-refractivity contribution in [2.45, 2.75) is 90.4 Å². The summed E-state index contributed by atoms with van der Waals surface area (Å²) in [7, 11) is 0. The summed E-state index contributed by atoms with van der Waals surface area (Å²) in [5, 5.41) is 0. The fourth-order valence-corrected chi connectivity index (χ4v) is 5.74. The summed E-state index contributed by atoms with van der Waals surface area (Å²) in [6.07, 6.45) is 16.5. The first-order chi connectivity index (χ1) is 10.7. The van der Waals surface area contributed by atoms with Crippen LogP contribution in [-0.4, -0.2) is 12.6 Å². The van der Waals surface area contributed by atoms with E-state index >= 15 is 0 Å². The Balaban J connectivity index is 1.34. The maximum absolute atomic E-state index is 12.6. The van der Waals surface area contributed by atoms with E-state index in [1.807, 2.05) is 0 Å². The van der Waals surface area contributed by atoms with Crippen molar-refractivity contribution in [2.75, 3.05) is 6.61 Å². The topological polar surface area (TPSA) is 26.3 Å². The minimum Gasteiger partial charge on any atom is -0.465 e.